The van der Waals surface area contributed by atoms with Crippen LogP contribution in [-0.2, 0) is 6.54 Å². The molecule has 0 aliphatic carbocycles. The number of nitrogens with one attached hydrogen (secondary N) is 1. The molecule has 1 N–H and O–H groups in total. The van der Waals surface area contributed by atoms with Gasteiger partial charge in [-0.3, -0.25) is 10.1 Å². The van der Waals surface area contributed by atoms with E-state index in [-0.39, 0.29) is 10.6 Å². The highest BCUT2D eigenvalue weighted by Crippen LogP contribution is 2.22. The van der Waals surface area contributed by atoms with Crippen LogP contribution in [-0.4, -0.2) is 9.91 Å². The number of hydrogen-bond donors (Lipinski definition) is 1. The van der Waals surface area contributed by atoms with Crippen molar-refractivity contribution >= 4 is 11.4 Å². The SMILES string of the molecule is Cc1c(CNc2ccnc(C#N)c2)cccc1[N+](=O)[O-]. The normalized spacial score (nSPS) is 9.80. The summed E-state index contributed by atoms with van der Waals surface area (Å²) < 4.78 is 0. The standard InChI is InChI=1S/C14H12N4O2/c1-10-11(3-2-4-14(10)18(19)20)9-17-12-5-6-16-13(7-12)8-15/h2-7H,9H2,1H3,(H,16,17). The number of nitrogens with zero attached hydrogens (tertiary/aromatic N) is 3. The van der Waals surface area contributed by atoms with Crippen molar-refractivity contribution in [2.45, 2.75) is 13.5 Å². The van der Waals surface area contributed by atoms with Gasteiger partial charge in [-0.15, -0.1) is 0 Å². The fraction of sp³-hybridized carbons (Fsp3) is 0.143. The monoisotopic (exact) mass is 268 g/mol. The predicted molar refractivity (Wildman–Crippen MR) is 74.1 cm³/mol. The molecule has 0 aliphatic rings. The summed E-state index contributed by atoms with van der Waals surface area (Å²) in [6, 6.07) is 10.3. The Morgan fingerprint density at radius 3 is 2.95 bits per heavy atom. The zero-order chi connectivity index (χ0) is 14.5. The van der Waals surface area contributed by atoms with Crippen LogP contribution in [0.5, 0.6) is 0 Å². The Morgan fingerprint density at radius 2 is 2.25 bits per heavy atom. The van der Waals surface area contributed by atoms with E-state index < -0.39 is 0 Å². The number of benzene rings is 1. The molecule has 2 aromatic rings. The van der Waals surface area contributed by atoms with Crippen molar-refractivity contribution in [3.8, 4) is 6.07 Å². The van der Waals surface area contributed by atoms with Gasteiger partial charge in [-0.05, 0) is 24.6 Å². The first-order valence-electron chi connectivity index (χ1n) is 5.94. The molecule has 0 saturated carbocycles. The van der Waals surface area contributed by atoms with Crippen LogP contribution in [0.25, 0.3) is 0 Å². The first kappa shape index (κ1) is 13.5. The molecule has 0 amide bonds. The second-order valence-electron chi connectivity index (χ2n) is 4.21. The van der Waals surface area contributed by atoms with E-state index in [1.807, 2.05) is 12.1 Å². The van der Waals surface area contributed by atoms with Gasteiger partial charge < -0.3 is 5.32 Å². The largest absolute Gasteiger partial charge is 0.381 e. The molecule has 1 heterocycles. The third kappa shape index (κ3) is 2.90. The fourth-order valence-corrected chi connectivity index (χ4v) is 1.86. The maximum atomic E-state index is 10.9. The molecule has 20 heavy (non-hydrogen) atoms. The fourth-order valence-electron chi connectivity index (χ4n) is 1.86. The van der Waals surface area contributed by atoms with Crippen LogP contribution < -0.4 is 5.32 Å². The van der Waals surface area contributed by atoms with Crippen molar-refractivity contribution in [2.75, 3.05) is 5.32 Å². The smallest absolute Gasteiger partial charge is 0.272 e. The number of nitriles is 1. The van der Waals surface area contributed by atoms with Gasteiger partial charge >= 0.3 is 0 Å². The van der Waals surface area contributed by atoms with Crippen LogP contribution in [0.4, 0.5) is 11.4 Å². The first-order chi connectivity index (χ1) is 9.61. The van der Waals surface area contributed by atoms with E-state index in [4.69, 9.17) is 5.26 Å². The molecule has 1 aromatic heterocycles. The van der Waals surface area contributed by atoms with Crippen molar-refractivity contribution in [1.82, 2.24) is 4.98 Å². The van der Waals surface area contributed by atoms with Gasteiger partial charge in [0.2, 0.25) is 0 Å². The van der Waals surface area contributed by atoms with E-state index in [9.17, 15) is 10.1 Å². The van der Waals surface area contributed by atoms with Gasteiger partial charge in [-0.2, -0.15) is 5.26 Å². The Labute approximate surface area is 115 Å². The van der Waals surface area contributed by atoms with Crippen LogP contribution in [0, 0.1) is 28.4 Å². The molecule has 0 saturated heterocycles. The quantitative estimate of drug-likeness (QED) is 0.680. The van der Waals surface area contributed by atoms with Gasteiger partial charge in [0.15, 0.2) is 0 Å². The average Bonchev–Trinajstić information content (AvgIpc) is 2.46. The van der Waals surface area contributed by atoms with Crippen LogP contribution in [0.15, 0.2) is 36.5 Å². The van der Waals surface area contributed by atoms with Gasteiger partial charge in [0.05, 0.1) is 4.92 Å². The average molecular weight is 268 g/mol. The van der Waals surface area contributed by atoms with E-state index in [2.05, 4.69) is 10.3 Å². The van der Waals surface area contributed by atoms with Gasteiger partial charge in [0, 0.05) is 30.1 Å². The van der Waals surface area contributed by atoms with Crippen molar-refractivity contribution in [2.24, 2.45) is 0 Å². The highest BCUT2D eigenvalue weighted by atomic mass is 16.6. The number of nitro groups is 1. The minimum atomic E-state index is -0.390. The zero-order valence-electron chi connectivity index (χ0n) is 10.8. The molecule has 6 nitrogen and oxygen atoms in total. The number of aromatic nitrogens is 1. The lowest BCUT2D eigenvalue weighted by Gasteiger charge is -2.09. The summed E-state index contributed by atoms with van der Waals surface area (Å²) in [7, 11) is 0. The molecule has 0 radical (unpaired) electrons. The Bertz CT molecular complexity index is 692. The minimum absolute atomic E-state index is 0.108. The van der Waals surface area contributed by atoms with E-state index in [1.54, 1.807) is 31.3 Å². The lowest BCUT2D eigenvalue weighted by Crippen LogP contribution is -2.03. The van der Waals surface area contributed by atoms with E-state index in [0.29, 0.717) is 17.8 Å². The molecule has 1 aromatic carbocycles. The van der Waals surface area contributed by atoms with E-state index in [0.717, 1.165) is 11.3 Å². The maximum absolute atomic E-state index is 10.9. The summed E-state index contributed by atoms with van der Waals surface area (Å²) in [5, 5.41) is 22.8. The van der Waals surface area contributed by atoms with Crippen LogP contribution in [0.3, 0.4) is 0 Å². The Hall–Kier alpha value is -2.94. The number of hydrogen-bond acceptors (Lipinski definition) is 5. The Morgan fingerprint density at radius 1 is 1.45 bits per heavy atom. The van der Waals surface area contributed by atoms with E-state index in [1.165, 1.54) is 6.07 Å². The second-order valence-corrected chi connectivity index (χ2v) is 4.21. The summed E-state index contributed by atoms with van der Waals surface area (Å²) in [4.78, 5) is 14.4. The predicted octanol–water partition coefficient (Wildman–Crippen LogP) is 2.78. The first-order valence-corrected chi connectivity index (χ1v) is 5.94. The van der Waals surface area contributed by atoms with Gasteiger partial charge in [0.1, 0.15) is 11.8 Å². The molecule has 2 rings (SSSR count). The number of nitro benzene ring substituents is 1. The third-order valence-corrected chi connectivity index (χ3v) is 2.97. The van der Waals surface area contributed by atoms with Gasteiger partial charge in [-0.1, -0.05) is 12.1 Å². The lowest BCUT2D eigenvalue weighted by molar-refractivity contribution is -0.385. The van der Waals surface area contributed by atoms with E-state index >= 15 is 0 Å². The molecule has 0 unspecified atom stereocenters. The minimum Gasteiger partial charge on any atom is -0.381 e. The molecule has 6 heteroatoms. The summed E-state index contributed by atoms with van der Waals surface area (Å²) >= 11 is 0. The summed E-state index contributed by atoms with van der Waals surface area (Å²) in [5.41, 5.74) is 2.67. The zero-order valence-corrected chi connectivity index (χ0v) is 10.8. The van der Waals surface area contributed by atoms with Crippen molar-refractivity contribution < 1.29 is 4.92 Å². The highest BCUT2D eigenvalue weighted by molar-refractivity contribution is 5.49. The molecule has 0 atom stereocenters. The summed E-state index contributed by atoms with van der Waals surface area (Å²) in [6.07, 6.45) is 1.54. The Balaban J connectivity index is 2.17. The van der Waals surface area contributed by atoms with Crippen LogP contribution >= 0.6 is 0 Å². The molecular formula is C14H12N4O2. The summed E-state index contributed by atoms with van der Waals surface area (Å²) in [5.74, 6) is 0. The van der Waals surface area contributed by atoms with Gasteiger partial charge in [0.25, 0.3) is 5.69 Å². The van der Waals surface area contributed by atoms with Crippen molar-refractivity contribution in [3.05, 3.63) is 63.5 Å². The highest BCUT2D eigenvalue weighted by Gasteiger charge is 2.12. The topological polar surface area (TPSA) is 91.8 Å². The van der Waals surface area contributed by atoms with Crippen molar-refractivity contribution in [3.63, 3.8) is 0 Å². The molecular weight excluding hydrogens is 256 g/mol. The number of anilines is 1. The second kappa shape index (κ2) is 5.80. The molecule has 0 bridgehead atoms. The maximum Gasteiger partial charge on any atom is 0.272 e. The summed E-state index contributed by atoms with van der Waals surface area (Å²) in [6.45, 7) is 2.17. The molecule has 100 valence electrons. The number of rotatable bonds is 4. The van der Waals surface area contributed by atoms with Crippen LogP contribution in [0.1, 0.15) is 16.8 Å². The number of pyridine rings is 1. The Kier molecular flexibility index (Phi) is 3.91. The van der Waals surface area contributed by atoms with Crippen LogP contribution in [0.2, 0.25) is 0 Å². The van der Waals surface area contributed by atoms with Gasteiger partial charge in [-0.25, -0.2) is 4.98 Å². The molecule has 0 spiro atoms. The van der Waals surface area contributed by atoms with Crippen molar-refractivity contribution in [1.29, 1.82) is 5.26 Å². The third-order valence-electron chi connectivity index (χ3n) is 2.97. The lowest BCUT2D eigenvalue weighted by atomic mass is 10.1. The molecule has 0 fully saturated rings. The molecule has 0 aliphatic heterocycles.